The number of benzene rings is 1. The first-order valence-corrected chi connectivity index (χ1v) is 5.18. The number of hydrogen-bond acceptors (Lipinski definition) is 4. The quantitative estimate of drug-likeness (QED) is 0.624. The predicted molar refractivity (Wildman–Crippen MR) is 58.6 cm³/mol. The van der Waals surface area contributed by atoms with Gasteiger partial charge in [0.15, 0.2) is 29.1 Å². The van der Waals surface area contributed by atoms with Gasteiger partial charge in [-0.25, -0.2) is 17.6 Å². The molecule has 2 aromatic rings. The van der Waals surface area contributed by atoms with Crippen molar-refractivity contribution < 1.29 is 22.1 Å². The van der Waals surface area contributed by atoms with Crippen molar-refractivity contribution in [3.63, 3.8) is 0 Å². The zero-order valence-electron chi connectivity index (χ0n) is 10.3. The molecule has 2 rings (SSSR count). The smallest absolute Gasteiger partial charge is 0.264 e. The van der Waals surface area contributed by atoms with E-state index in [4.69, 9.17) is 0 Å². The number of aromatic nitrogens is 2. The molecule has 0 atom stereocenters. The third kappa shape index (κ3) is 2.02. The summed E-state index contributed by atoms with van der Waals surface area (Å²) in [6, 6.07) is 0. The van der Waals surface area contributed by atoms with Crippen LogP contribution in [0.25, 0.3) is 11.5 Å². The van der Waals surface area contributed by atoms with Crippen molar-refractivity contribution in [3.05, 3.63) is 29.1 Å². The topological polar surface area (TPSA) is 42.2 Å². The Morgan fingerprint density at radius 2 is 1.47 bits per heavy atom. The van der Waals surface area contributed by atoms with E-state index in [1.807, 2.05) is 0 Å². The molecule has 1 aromatic heterocycles. The van der Waals surface area contributed by atoms with E-state index < -0.39 is 40.4 Å². The van der Waals surface area contributed by atoms with Crippen molar-refractivity contribution >= 4 is 5.69 Å². The fourth-order valence-corrected chi connectivity index (χ4v) is 1.60. The largest absolute Gasteiger partial charge is 0.373 e. The molecule has 0 bridgehead atoms. The van der Waals surface area contributed by atoms with Gasteiger partial charge in [-0.2, -0.15) is 4.98 Å². The van der Waals surface area contributed by atoms with Crippen molar-refractivity contribution in [3.8, 4) is 11.5 Å². The van der Waals surface area contributed by atoms with E-state index in [1.165, 1.54) is 21.0 Å². The van der Waals surface area contributed by atoms with Gasteiger partial charge in [0.25, 0.3) is 5.89 Å². The Morgan fingerprint density at radius 1 is 0.947 bits per heavy atom. The molecule has 102 valence electrons. The Hall–Kier alpha value is -2.12. The molecule has 0 aliphatic heterocycles. The summed E-state index contributed by atoms with van der Waals surface area (Å²) in [5.41, 5.74) is -1.82. The molecule has 4 nitrogen and oxygen atoms in total. The summed E-state index contributed by atoms with van der Waals surface area (Å²) in [4.78, 5) is 4.48. The molecule has 0 amide bonds. The van der Waals surface area contributed by atoms with E-state index in [0.29, 0.717) is 0 Å². The first-order chi connectivity index (χ1) is 8.84. The molecule has 0 aliphatic carbocycles. The average molecular weight is 275 g/mol. The zero-order chi connectivity index (χ0) is 14.3. The van der Waals surface area contributed by atoms with Crippen molar-refractivity contribution in [2.24, 2.45) is 0 Å². The van der Waals surface area contributed by atoms with Gasteiger partial charge in [0, 0.05) is 14.1 Å². The first-order valence-electron chi connectivity index (χ1n) is 5.18. The molecule has 0 saturated heterocycles. The number of rotatable bonds is 2. The molecule has 0 unspecified atom stereocenters. The number of nitrogens with zero attached hydrogens (tertiary/aromatic N) is 3. The van der Waals surface area contributed by atoms with E-state index in [2.05, 4.69) is 14.7 Å². The van der Waals surface area contributed by atoms with Crippen LogP contribution in [0.15, 0.2) is 4.52 Å². The Balaban J connectivity index is 2.77. The van der Waals surface area contributed by atoms with Crippen LogP contribution < -0.4 is 4.90 Å². The number of anilines is 1. The Bertz CT molecular complexity index is 610. The highest BCUT2D eigenvalue weighted by molar-refractivity contribution is 5.62. The van der Waals surface area contributed by atoms with Crippen molar-refractivity contribution in [1.29, 1.82) is 0 Å². The highest BCUT2D eigenvalue weighted by atomic mass is 19.2. The second kappa shape index (κ2) is 4.52. The Morgan fingerprint density at radius 3 is 1.84 bits per heavy atom. The highest BCUT2D eigenvalue weighted by Gasteiger charge is 2.30. The van der Waals surface area contributed by atoms with Crippen LogP contribution in [-0.2, 0) is 0 Å². The summed E-state index contributed by atoms with van der Waals surface area (Å²) >= 11 is 0. The molecule has 0 saturated carbocycles. The Labute approximate surface area is 105 Å². The minimum absolute atomic E-state index is 0.0892. The zero-order valence-corrected chi connectivity index (χ0v) is 10.3. The highest BCUT2D eigenvalue weighted by Crippen LogP contribution is 2.34. The van der Waals surface area contributed by atoms with Gasteiger partial charge in [-0.05, 0) is 6.92 Å². The molecule has 1 aromatic carbocycles. The van der Waals surface area contributed by atoms with Gasteiger partial charge in [-0.1, -0.05) is 5.16 Å². The molecule has 19 heavy (non-hydrogen) atoms. The molecule has 8 heteroatoms. The summed E-state index contributed by atoms with van der Waals surface area (Å²) in [5.74, 6) is -6.72. The van der Waals surface area contributed by atoms with Gasteiger partial charge in [0.05, 0.1) is 0 Å². The van der Waals surface area contributed by atoms with Gasteiger partial charge in [0.1, 0.15) is 11.3 Å². The normalized spacial score (nSPS) is 10.9. The van der Waals surface area contributed by atoms with E-state index >= 15 is 0 Å². The van der Waals surface area contributed by atoms with Crippen LogP contribution in [-0.4, -0.2) is 24.2 Å². The molecular weight excluding hydrogens is 266 g/mol. The van der Waals surface area contributed by atoms with Crippen LogP contribution >= 0.6 is 0 Å². The maximum absolute atomic E-state index is 13.8. The second-order valence-electron chi connectivity index (χ2n) is 4.02. The van der Waals surface area contributed by atoms with E-state index in [9.17, 15) is 17.6 Å². The minimum Gasteiger partial charge on any atom is -0.373 e. The predicted octanol–water partition coefficient (Wildman–Crippen LogP) is 2.67. The van der Waals surface area contributed by atoms with Gasteiger partial charge in [-0.15, -0.1) is 0 Å². The first kappa shape index (κ1) is 13.3. The van der Waals surface area contributed by atoms with Crippen LogP contribution in [0.4, 0.5) is 23.2 Å². The van der Waals surface area contributed by atoms with Gasteiger partial charge >= 0.3 is 0 Å². The van der Waals surface area contributed by atoms with Gasteiger partial charge in [0.2, 0.25) is 0 Å². The van der Waals surface area contributed by atoms with E-state index in [1.54, 1.807) is 0 Å². The van der Waals surface area contributed by atoms with Crippen LogP contribution in [0.3, 0.4) is 0 Å². The number of halogens is 4. The molecule has 0 fully saturated rings. The van der Waals surface area contributed by atoms with Crippen molar-refractivity contribution in [1.82, 2.24) is 10.1 Å². The van der Waals surface area contributed by atoms with E-state index in [0.717, 1.165) is 4.90 Å². The average Bonchev–Trinajstić information content (AvgIpc) is 2.73. The van der Waals surface area contributed by atoms with E-state index in [-0.39, 0.29) is 5.82 Å². The summed E-state index contributed by atoms with van der Waals surface area (Å²) in [6.45, 7) is 1.41. The molecular formula is C11H9F4N3O. The third-order valence-electron chi connectivity index (χ3n) is 2.43. The molecule has 0 spiro atoms. The summed E-state index contributed by atoms with van der Waals surface area (Å²) in [6.07, 6.45) is 0. The maximum atomic E-state index is 13.8. The maximum Gasteiger partial charge on any atom is 0.264 e. The molecule has 0 radical (unpaired) electrons. The fraction of sp³-hybridized carbons (Fsp3) is 0.273. The SMILES string of the molecule is Cc1noc(-c2c(F)c(F)c(N(C)C)c(F)c2F)n1. The fourth-order valence-electron chi connectivity index (χ4n) is 1.60. The van der Waals surface area contributed by atoms with Crippen LogP contribution in [0.1, 0.15) is 5.82 Å². The van der Waals surface area contributed by atoms with Crippen molar-refractivity contribution in [2.45, 2.75) is 6.92 Å². The van der Waals surface area contributed by atoms with Gasteiger partial charge < -0.3 is 9.42 Å². The second-order valence-corrected chi connectivity index (χ2v) is 4.02. The lowest BCUT2D eigenvalue weighted by Crippen LogP contribution is -2.16. The molecule has 1 heterocycles. The Kier molecular flexibility index (Phi) is 3.17. The lowest BCUT2D eigenvalue weighted by molar-refractivity contribution is 0.410. The van der Waals surface area contributed by atoms with Crippen molar-refractivity contribution in [2.75, 3.05) is 19.0 Å². The third-order valence-corrected chi connectivity index (χ3v) is 2.43. The molecule has 0 aliphatic rings. The lowest BCUT2D eigenvalue weighted by Gasteiger charge is -2.16. The lowest BCUT2D eigenvalue weighted by atomic mass is 10.1. The summed E-state index contributed by atoms with van der Waals surface area (Å²) in [5, 5.41) is 3.32. The number of hydrogen-bond donors (Lipinski definition) is 0. The molecule has 0 N–H and O–H groups in total. The number of aryl methyl sites for hydroxylation is 1. The minimum atomic E-state index is -1.58. The summed E-state index contributed by atoms with van der Waals surface area (Å²) in [7, 11) is 2.52. The standard InChI is InChI=1S/C11H9F4N3O/c1-4-16-11(19-17-4)5-6(12)8(14)10(18(2)3)9(15)7(5)13/h1-3H3. The monoisotopic (exact) mass is 275 g/mol. The van der Waals surface area contributed by atoms with Crippen LogP contribution in [0.5, 0.6) is 0 Å². The van der Waals surface area contributed by atoms with Crippen LogP contribution in [0, 0.1) is 30.2 Å². The van der Waals surface area contributed by atoms with Crippen LogP contribution in [0.2, 0.25) is 0 Å². The van der Waals surface area contributed by atoms with Gasteiger partial charge in [-0.3, -0.25) is 0 Å². The summed E-state index contributed by atoms with van der Waals surface area (Å²) < 4.78 is 59.6.